The van der Waals surface area contributed by atoms with E-state index in [-0.39, 0.29) is 17.9 Å². The highest BCUT2D eigenvalue weighted by atomic mass is 16.2. The molecule has 36 heavy (non-hydrogen) atoms. The summed E-state index contributed by atoms with van der Waals surface area (Å²) in [7, 11) is 1.98. The Morgan fingerprint density at radius 1 is 1.25 bits per heavy atom. The first-order valence-corrected chi connectivity index (χ1v) is 12.3. The Hall–Kier alpha value is -4.17. The molecule has 1 fully saturated rings. The van der Waals surface area contributed by atoms with Crippen LogP contribution >= 0.6 is 0 Å². The third-order valence-electron chi connectivity index (χ3n) is 7.54. The van der Waals surface area contributed by atoms with E-state index in [1.165, 1.54) is 6.33 Å². The molecule has 0 bridgehead atoms. The largest absolute Gasteiger partial charge is 0.383 e. The molecule has 0 saturated carbocycles. The molecule has 1 amide bonds. The molecule has 3 aromatic heterocycles. The maximum atomic E-state index is 13.2. The van der Waals surface area contributed by atoms with Gasteiger partial charge in [-0.05, 0) is 63.2 Å². The van der Waals surface area contributed by atoms with Crippen LogP contribution in [0.4, 0.5) is 5.82 Å². The van der Waals surface area contributed by atoms with E-state index >= 15 is 0 Å². The number of anilines is 1. The van der Waals surface area contributed by atoms with Gasteiger partial charge in [0.1, 0.15) is 29.5 Å². The highest BCUT2D eigenvalue weighted by Crippen LogP contribution is 2.44. The lowest BCUT2D eigenvalue weighted by molar-refractivity contribution is -0.135. The maximum Gasteiger partial charge on any atom is 0.227 e. The van der Waals surface area contributed by atoms with Crippen LogP contribution in [0.5, 0.6) is 0 Å². The Balaban J connectivity index is 1.61. The number of carbonyl (C=O) groups is 1. The van der Waals surface area contributed by atoms with Gasteiger partial charge in [0.2, 0.25) is 5.91 Å². The van der Waals surface area contributed by atoms with Crippen LogP contribution in [-0.4, -0.2) is 42.9 Å². The maximum absolute atomic E-state index is 13.2. The quantitative estimate of drug-likeness (QED) is 0.570. The molecule has 2 N–H and O–H groups in total. The zero-order valence-corrected chi connectivity index (χ0v) is 20.9. The summed E-state index contributed by atoms with van der Waals surface area (Å²) in [5.41, 5.74) is 13.7. The van der Waals surface area contributed by atoms with Gasteiger partial charge in [0.05, 0.1) is 17.1 Å². The molecule has 1 aliphatic heterocycles. The fourth-order valence-corrected chi connectivity index (χ4v) is 5.83. The van der Waals surface area contributed by atoms with E-state index in [0.29, 0.717) is 24.5 Å². The number of amides is 1. The van der Waals surface area contributed by atoms with Gasteiger partial charge in [0, 0.05) is 36.3 Å². The summed E-state index contributed by atoms with van der Waals surface area (Å²) >= 11 is 0. The van der Waals surface area contributed by atoms with Gasteiger partial charge >= 0.3 is 0 Å². The second-order valence-electron chi connectivity index (χ2n) is 9.69. The van der Waals surface area contributed by atoms with Crippen molar-refractivity contribution < 1.29 is 4.79 Å². The average molecular weight is 480 g/mol. The van der Waals surface area contributed by atoms with Gasteiger partial charge in [-0.25, -0.2) is 15.0 Å². The summed E-state index contributed by atoms with van der Waals surface area (Å²) in [4.78, 5) is 28.4. The molecule has 0 spiro atoms. The van der Waals surface area contributed by atoms with E-state index in [0.717, 1.165) is 70.4 Å². The first kappa shape index (κ1) is 23.6. The van der Waals surface area contributed by atoms with Crippen LogP contribution in [-0.2, 0) is 11.8 Å². The average Bonchev–Trinajstić information content (AvgIpc) is 3.47. The molecule has 5 rings (SSSR count). The second kappa shape index (κ2) is 9.13. The van der Waals surface area contributed by atoms with Crippen molar-refractivity contribution in [3.05, 3.63) is 41.0 Å². The van der Waals surface area contributed by atoms with Gasteiger partial charge in [0.15, 0.2) is 0 Å². The van der Waals surface area contributed by atoms with Crippen LogP contribution in [0.2, 0.25) is 0 Å². The highest BCUT2D eigenvalue weighted by Gasteiger charge is 2.35. The molecule has 2 atom stereocenters. The minimum Gasteiger partial charge on any atom is -0.383 e. The van der Waals surface area contributed by atoms with E-state index < -0.39 is 0 Å². The van der Waals surface area contributed by atoms with Crippen LogP contribution < -0.4 is 5.73 Å². The van der Waals surface area contributed by atoms with Crippen molar-refractivity contribution in [3.63, 3.8) is 0 Å². The fraction of sp³-hybridized carbons (Fsp3) is 0.393. The lowest BCUT2D eigenvalue weighted by Crippen LogP contribution is -2.39. The molecule has 1 unspecified atom stereocenters. The number of aromatic nitrogens is 4. The number of hydrogen-bond acceptors (Lipinski definition) is 6. The summed E-state index contributed by atoms with van der Waals surface area (Å²) in [5.74, 6) is 3.04. The van der Waals surface area contributed by atoms with Crippen molar-refractivity contribution >= 4 is 28.3 Å². The van der Waals surface area contributed by atoms with Crippen molar-refractivity contribution in [3.8, 4) is 29.7 Å². The number of likely N-dealkylation sites (tertiary alicyclic amines) is 1. The predicted molar refractivity (Wildman–Crippen MR) is 139 cm³/mol. The standard InChI is InChI=1S/C28H29N7O/c1-5-20-13-16(2)22(17(3)33-20)25-23(24-26(30)31-15-32-27(24)34(25)4)18-8-10-19(11-9-18)28(36)35-12-6-7-21(35)14-29/h1,8,13,15,19,21H,6-7,9-12H2,2-4H3,(H2,30,31,32)/t19-,21?/m0/s1. The first-order valence-electron chi connectivity index (χ1n) is 12.3. The van der Waals surface area contributed by atoms with Gasteiger partial charge in [-0.15, -0.1) is 6.42 Å². The summed E-state index contributed by atoms with van der Waals surface area (Å²) in [5, 5.41) is 10.2. The highest BCUT2D eigenvalue weighted by molar-refractivity contribution is 6.05. The molecule has 8 heteroatoms. The molecular weight excluding hydrogens is 450 g/mol. The predicted octanol–water partition coefficient (Wildman–Crippen LogP) is 3.91. The normalized spacial score (nSPS) is 19.7. The van der Waals surface area contributed by atoms with E-state index in [4.69, 9.17) is 12.2 Å². The number of hydrogen-bond donors (Lipinski definition) is 1. The Morgan fingerprint density at radius 2 is 2.06 bits per heavy atom. The number of carbonyl (C=O) groups excluding carboxylic acids is 1. The van der Waals surface area contributed by atoms with E-state index in [1.54, 1.807) is 4.90 Å². The third-order valence-corrected chi connectivity index (χ3v) is 7.54. The zero-order chi connectivity index (χ0) is 25.6. The topological polar surface area (TPSA) is 114 Å². The van der Waals surface area contributed by atoms with Gasteiger partial charge < -0.3 is 15.2 Å². The minimum absolute atomic E-state index is 0.0936. The monoisotopic (exact) mass is 479 g/mol. The van der Waals surface area contributed by atoms with Crippen LogP contribution in [0.15, 0.2) is 18.5 Å². The molecule has 0 aromatic carbocycles. The first-order chi connectivity index (χ1) is 17.3. The number of pyridine rings is 1. The number of nitrogens with two attached hydrogens (primary N) is 1. The summed E-state index contributed by atoms with van der Waals surface area (Å²) < 4.78 is 2.05. The number of aryl methyl sites for hydroxylation is 3. The van der Waals surface area contributed by atoms with Gasteiger partial charge in [-0.3, -0.25) is 4.79 Å². The summed E-state index contributed by atoms with van der Waals surface area (Å²) in [6.07, 6.45) is 13.0. The van der Waals surface area contributed by atoms with Crippen LogP contribution in [0.25, 0.3) is 27.9 Å². The van der Waals surface area contributed by atoms with Gasteiger partial charge in [0.25, 0.3) is 0 Å². The van der Waals surface area contributed by atoms with Crippen LogP contribution in [0, 0.1) is 43.4 Å². The molecule has 182 valence electrons. The molecule has 1 saturated heterocycles. The SMILES string of the molecule is C#Cc1cc(C)c(-c2c(C3=CC[C@H](C(=O)N4CCCC4C#N)CC3)c3c(N)ncnc3n2C)c(C)n1. The lowest BCUT2D eigenvalue weighted by Gasteiger charge is -2.28. The minimum atomic E-state index is -0.297. The molecule has 3 aromatic rings. The van der Waals surface area contributed by atoms with E-state index in [1.807, 2.05) is 27.0 Å². The number of nitrogens with zero attached hydrogens (tertiary/aromatic N) is 6. The fourth-order valence-electron chi connectivity index (χ4n) is 5.83. The number of allylic oxidation sites excluding steroid dienone is 2. The van der Waals surface area contributed by atoms with Crippen molar-refractivity contribution in [2.24, 2.45) is 13.0 Å². The Kier molecular flexibility index (Phi) is 5.97. The lowest BCUT2D eigenvalue weighted by atomic mass is 9.83. The number of nitriles is 1. The molecule has 8 nitrogen and oxygen atoms in total. The summed E-state index contributed by atoms with van der Waals surface area (Å²) in [6, 6.07) is 3.91. The third kappa shape index (κ3) is 3.70. The Labute approximate surface area is 210 Å². The number of fused-ring (bicyclic) bond motifs is 1. The van der Waals surface area contributed by atoms with Crippen LogP contribution in [0.3, 0.4) is 0 Å². The summed E-state index contributed by atoms with van der Waals surface area (Å²) in [6.45, 7) is 4.67. The molecule has 2 aliphatic rings. The number of terminal acetylenes is 1. The van der Waals surface area contributed by atoms with E-state index in [9.17, 15) is 10.1 Å². The van der Waals surface area contributed by atoms with Crippen molar-refractivity contribution in [1.82, 2.24) is 24.4 Å². The molecular formula is C28H29N7O. The van der Waals surface area contributed by atoms with Crippen molar-refractivity contribution in [2.75, 3.05) is 12.3 Å². The molecule has 4 heterocycles. The van der Waals surface area contributed by atoms with Gasteiger partial charge in [-0.1, -0.05) is 12.0 Å². The Morgan fingerprint density at radius 3 is 2.72 bits per heavy atom. The van der Waals surface area contributed by atoms with E-state index in [2.05, 4.69) is 37.6 Å². The zero-order valence-electron chi connectivity index (χ0n) is 20.9. The van der Waals surface area contributed by atoms with Crippen LogP contribution in [0.1, 0.15) is 54.6 Å². The molecule has 0 radical (unpaired) electrons. The number of rotatable bonds is 3. The smallest absolute Gasteiger partial charge is 0.227 e. The molecule has 1 aliphatic carbocycles. The Bertz CT molecular complexity index is 1480. The van der Waals surface area contributed by atoms with Crippen molar-refractivity contribution in [1.29, 1.82) is 5.26 Å². The second-order valence-corrected chi connectivity index (χ2v) is 9.69. The number of nitrogen functional groups attached to an aromatic ring is 1. The van der Waals surface area contributed by atoms with Gasteiger partial charge in [-0.2, -0.15) is 5.26 Å². The van der Waals surface area contributed by atoms with Crippen molar-refractivity contribution in [2.45, 2.75) is 52.0 Å².